The van der Waals surface area contributed by atoms with Crippen LogP contribution in [0, 0.1) is 5.92 Å². The van der Waals surface area contributed by atoms with Gasteiger partial charge in [-0.1, -0.05) is 25.7 Å². The van der Waals surface area contributed by atoms with Gasteiger partial charge in [-0.3, -0.25) is 0 Å². The zero-order chi connectivity index (χ0) is 15.0. The van der Waals surface area contributed by atoms with E-state index in [2.05, 4.69) is 6.58 Å². The molecule has 2 atom stereocenters. The highest BCUT2D eigenvalue weighted by Crippen LogP contribution is 2.20. The minimum atomic E-state index is -0.921. The average molecular weight is 280 g/mol. The second kappa shape index (κ2) is 8.32. The molecule has 0 amide bonds. The van der Waals surface area contributed by atoms with Crippen molar-refractivity contribution >= 4 is 11.9 Å². The Morgan fingerprint density at radius 1 is 1.40 bits per heavy atom. The lowest BCUT2D eigenvalue weighted by molar-refractivity contribution is -0.138. The molecule has 0 heterocycles. The Balaban J connectivity index is 2.18. The van der Waals surface area contributed by atoms with Gasteiger partial charge in [-0.15, -0.1) is 0 Å². The number of aliphatic carboxylic acids is 1. The molecule has 0 aromatic heterocycles. The zero-order valence-corrected chi connectivity index (χ0v) is 11.6. The molecule has 5 heteroatoms. The number of carbonyl (C=O) groups excluding carboxylic acids is 1. The van der Waals surface area contributed by atoms with Gasteiger partial charge in [0.05, 0.1) is 18.3 Å². The summed E-state index contributed by atoms with van der Waals surface area (Å²) in [5.41, 5.74) is 0.300. The highest BCUT2D eigenvalue weighted by Gasteiger charge is 2.19. The molecule has 0 aromatic rings. The lowest BCUT2D eigenvalue weighted by Crippen LogP contribution is -2.22. The third-order valence-corrected chi connectivity index (χ3v) is 2.93. The van der Waals surface area contributed by atoms with E-state index in [1.807, 2.05) is 6.92 Å². The van der Waals surface area contributed by atoms with Gasteiger partial charge in [0, 0.05) is 18.6 Å². The second-order valence-corrected chi connectivity index (χ2v) is 4.56. The van der Waals surface area contributed by atoms with Crippen LogP contribution in [0.4, 0.5) is 0 Å². The van der Waals surface area contributed by atoms with Crippen molar-refractivity contribution in [2.45, 2.75) is 25.9 Å². The number of ether oxygens (including phenoxy) is 2. The number of carboxylic acids is 1. The van der Waals surface area contributed by atoms with Crippen molar-refractivity contribution in [1.29, 1.82) is 0 Å². The number of esters is 1. The lowest BCUT2D eigenvalue weighted by atomic mass is 9.95. The predicted molar refractivity (Wildman–Crippen MR) is 74.2 cm³/mol. The molecule has 110 valence electrons. The largest absolute Gasteiger partial charge is 0.478 e. The maximum atomic E-state index is 10.8. The first kappa shape index (κ1) is 16.2. The second-order valence-electron chi connectivity index (χ2n) is 4.56. The number of unbranched alkanes of at least 4 members (excludes halogenated alkanes) is 1. The van der Waals surface area contributed by atoms with E-state index in [1.54, 1.807) is 18.2 Å². The predicted octanol–water partition coefficient (Wildman–Crippen LogP) is 2.10. The maximum Gasteiger partial charge on any atom is 0.335 e. The van der Waals surface area contributed by atoms with Crippen LogP contribution in [-0.4, -0.2) is 36.4 Å². The third kappa shape index (κ3) is 5.40. The van der Waals surface area contributed by atoms with E-state index in [4.69, 9.17) is 14.6 Å². The first-order valence-corrected chi connectivity index (χ1v) is 6.58. The molecule has 1 N–H and O–H groups in total. The number of carboxylic acid groups (broad SMARTS) is 1. The van der Waals surface area contributed by atoms with Crippen molar-refractivity contribution in [1.82, 2.24) is 0 Å². The van der Waals surface area contributed by atoms with Crippen molar-refractivity contribution in [3.8, 4) is 0 Å². The molecule has 0 saturated heterocycles. The minimum Gasteiger partial charge on any atom is -0.478 e. The summed E-state index contributed by atoms with van der Waals surface area (Å²) < 4.78 is 10.5. The maximum absolute atomic E-state index is 10.8. The monoisotopic (exact) mass is 280 g/mol. The summed E-state index contributed by atoms with van der Waals surface area (Å²) in [5, 5.41) is 8.87. The van der Waals surface area contributed by atoms with Crippen molar-refractivity contribution in [3.05, 3.63) is 36.5 Å². The fourth-order valence-corrected chi connectivity index (χ4v) is 1.81. The van der Waals surface area contributed by atoms with Crippen LogP contribution >= 0.6 is 0 Å². The summed E-state index contributed by atoms with van der Waals surface area (Å²) in [5.74, 6) is -1.30. The summed E-state index contributed by atoms with van der Waals surface area (Å²) in [4.78, 5) is 21.6. The highest BCUT2D eigenvalue weighted by atomic mass is 16.5. The molecule has 0 saturated carbocycles. The van der Waals surface area contributed by atoms with Crippen LogP contribution in [0.25, 0.3) is 0 Å². The summed E-state index contributed by atoms with van der Waals surface area (Å²) in [7, 11) is 0. The summed E-state index contributed by atoms with van der Waals surface area (Å²) >= 11 is 0. The van der Waals surface area contributed by atoms with E-state index in [0.29, 0.717) is 18.8 Å². The molecule has 0 aliphatic heterocycles. The molecule has 5 nitrogen and oxygen atoms in total. The lowest BCUT2D eigenvalue weighted by Gasteiger charge is -2.22. The van der Waals surface area contributed by atoms with Crippen molar-refractivity contribution in [3.63, 3.8) is 0 Å². The van der Waals surface area contributed by atoms with Crippen molar-refractivity contribution < 1.29 is 24.2 Å². The van der Waals surface area contributed by atoms with Gasteiger partial charge >= 0.3 is 11.9 Å². The van der Waals surface area contributed by atoms with E-state index in [-0.39, 0.29) is 12.0 Å². The van der Waals surface area contributed by atoms with E-state index in [9.17, 15) is 9.59 Å². The molecule has 1 rings (SSSR count). The fraction of sp³-hybridized carbons (Fsp3) is 0.467. The molecule has 0 fully saturated rings. The number of rotatable bonds is 8. The van der Waals surface area contributed by atoms with Gasteiger partial charge < -0.3 is 14.6 Å². The Morgan fingerprint density at radius 3 is 2.70 bits per heavy atom. The number of hydrogen-bond acceptors (Lipinski definition) is 4. The third-order valence-electron chi connectivity index (χ3n) is 2.93. The van der Waals surface area contributed by atoms with Crippen molar-refractivity contribution in [2.75, 3.05) is 13.2 Å². The van der Waals surface area contributed by atoms with E-state index in [0.717, 1.165) is 18.9 Å². The molecule has 1 aliphatic carbocycles. The van der Waals surface area contributed by atoms with E-state index >= 15 is 0 Å². The molecule has 1 aliphatic rings. The minimum absolute atomic E-state index is 0.0321. The van der Waals surface area contributed by atoms with Gasteiger partial charge in [0.2, 0.25) is 0 Å². The first-order valence-electron chi connectivity index (χ1n) is 6.58. The Labute approximate surface area is 118 Å². The summed E-state index contributed by atoms with van der Waals surface area (Å²) in [6, 6.07) is 0. The molecular formula is C15H20O5. The van der Waals surface area contributed by atoms with Gasteiger partial charge in [0.1, 0.15) is 0 Å². The van der Waals surface area contributed by atoms with Crippen LogP contribution in [0.5, 0.6) is 0 Å². The molecule has 0 bridgehead atoms. The van der Waals surface area contributed by atoms with Crippen molar-refractivity contribution in [2.24, 2.45) is 5.92 Å². The summed E-state index contributed by atoms with van der Waals surface area (Å²) in [6.45, 7) is 6.13. The van der Waals surface area contributed by atoms with Crippen LogP contribution in [0.1, 0.15) is 19.8 Å². The fourth-order valence-electron chi connectivity index (χ4n) is 1.81. The van der Waals surface area contributed by atoms with Crippen LogP contribution in [0.3, 0.4) is 0 Å². The van der Waals surface area contributed by atoms with Gasteiger partial charge in [0.25, 0.3) is 0 Å². The van der Waals surface area contributed by atoms with Crippen LogP contribution in [0.15, 0.2) is 36.5 Å². The van der Waals surface area contributed by atoms with E-state index < -0.39 is 11.9 Å². The number of hydrogen-bond donors (Lipinski definition) is 1. The molecule has 2 unspecified atom stereocenters. The quantitative estimate of drug-likeness (QED) is 0.419. The normalized spacial score (nSPS) is 21.1. The van der Waals surface area contributed by atoms with Gasteiger partial charge in [-0.2, -0.15) is 0 Å². The molecular weight excluding hydrogens is 260 g/mol. The zero-order valence-electron chi connectivity index (χ0n) is 11.6. The SMILES string of the molecule is C=CC(=O)OCCCCOC1C=CC(C(=O)O)=CC1C. The number of carbonyl (C=O) groups is 2. The Hall–Kier alpha value is -1.88. The van der Waals surface area contributed by atoms with Gasteiger partial charge in [-0.25, -0.2) is 9.59 Å². The van der Waals surface area contributed by atoms with E-state index in [1.165, 1.54) is 0 Å². The average Bonchev–Trinajstić information content (AvgIpc) is 2.43. The topological polar surface area (TPSA) is 72.8 Å². The van der Waals surface area contributed by atoms with Gasteiger partial charge in [0.15, 0.2) is 0 Å². The molecule has 0 aromatic carbocycles. The first-order chi connectivity index (χ1) is 9.54. The Morgan fingerprint density at radius 2 is 2.10 bits per heavy atom. The standard InChI is InChI=1S/C15H20O5/c1-3-14(16)20-9-5-4-8-19-13-7-6-12(15(17)18)10-11(13)2/h3,6-7,10-11,13H,1,4-5,8-9H2,2H3,(H,17,18). The molecule has 0 spiro atoms. The van der Waals surface area contributed by atoms with Crippen LogP contribution < -0.4 is 0 Å². The molecule has 0 radical (unpaired) electrons. The Kier molecular flexibility index (Phi) is 6.73. The smallest absolute Gasteiger partial charge is 0.335 e. The van der Waals surface area contributed by atoms with Crippen LogP contribution in [0.2, 0.25) is 0 Å². The van der Waals surface area contributed by atoms with Gasteiger partial charge in [-0.05, 0) is 18.9 Å². The summed E-state index contributed by atoms with van der Waals surface area (Å²) in [6.07, 6.45) is 7.56. The molecule has 20 heavy (non-hydrogen) atoms. The highest BCUT2D eigenvalue weighted by molar-refractivity contribution is 5.90. The Bertz CT molecular complexity index is 422. The van der Waals surface area contributed by atoms with Crippen LogP contribution in [-0.2, 0) is 19.1 Å².